The largest absolute Gasteiger partial charge is 0.494 e. The number of halogens is 1. The van der Waals surface area contributed by atoms with E-state index < -0.39 is 0 Å². The fourth-order valence-electron chi connectivity index (χ4n) is 5.17. The number of hydrogen-bond acceptors (Lipinski definition) is 3. The summed E-state index contributed by atoms with van der Waals surface area (Å²) in [5.41, 5.74) is 6.76. The first-order chi connectivity index (χ1) is 18.6. The van der Waals surface area contributed by atoms with Crippen molar-refractivity contribution < 1.29 is 9.13 Å². The van der Waals surface area contributed by atoms with E-state index in [0.717, 1.165) is 36.5 Å². The monoisotopic (exact) mass is 513 g/mol. The van der Waals surface area contributed by atoms with Crippen molar-refractivity contribution in [3.63, 3.8) is 0 Å². The Kier molecular flexibility index (Phi) is 9.72. The predicted molar refractivity (Wildman–Crippen MR) is 155 cm³/mol. The van der Waals surface area contributed by atoms with E-state index in [2.05, 4.69) is 79.2 Å². The highest BCUT2D eigenvalue weighted by molar-refractivity contribution is 5.70. The van der Waals surface area contributed by atoms with Crippen molar-refractivity contribution in [1.29, 1.82) is 0 Å². The molecule has 1 aromatic heterocycles. The number of rotatable bonds is 7. The fourth-order valence-corrected chi connectivity index (χ4v) is 5.17. The Bertz CT molecular complexity index is 1290. The van der Waals surface area contributed by atoms with Gasteiger partial charge in [-0.15, -0.1) is 0 Å². The van der Waals surface area contributed by atoms with E-state index in [-0.39, 0.29) is 11.6 Å². The van der Waals surface area contributed by atoms with Gasteiger partial charge >= 0.3 is 0 Å². The lowest BCUT2D eigenvalue weighted by atomic mass is 9.97. The second-order valence-electron chi connectivity index (χ2n) is 9.66. The highest BCUT2D eigenvalue weighted by atomic mass is 19.1. The van der Waals surface area contributed by atoms with Gasteiger partial charge in [-0.3, -0.25) is 0 Å². The Morgan fingerprint density at radius 2 is 1.68 bits per heavy atom. The van der Waals surface area contributed by atoms with Crippen molar-refractivity contribution in [3.05, 3.63) is 95.4 Å². The lowest BCUT2D eigenvalue weighted by Gasteiger charge is -2.23. The Labute approximate surface area is 226 Å². The molecule has 4 aromatic rings. The van der Waals surface area contributed by atoms with E-state index in [1.54, 1.807) is 6.07 Å². The molecule has 3 aromatic carbocycles. The predicted octanol–water partition coefficient (Wildman–Crippen LogP) is 8.01. The molecule has 0 spiro atoms. The minimum atomic E-state index is -0.374. The van der Waals surface area contributed by atoms with Crippen LogP contribution in [0.25, 0.3) is 22.6 Å². The second kappa shape index (κ2) is 13.4. The maximum Gasteiger partial charge on any atom is 0.165 e. The molecule has 1 saturated heterocycles. The molecule has 5 rings (SSSR count). The number of nitrogens with one attached hydrogen (secondary N) is 1. The third kappa shape index (κ3) is 6.33. The first kappa shape index (κ1) is 27.6. The van der Waals surface area contributed by atoms with Gasteiger partial charge in [0, 0.05) is 29.9 Å². The smallest absolute Gasteiger partial charge is 0.165 e. The number of benzene rings is 3. The van der Waals surface area contributed by atoms with Crippen LogP contribution in [0.4, 0.5) is 4.39 Å². The molecule has 0 amide bonds. The molecule has 5 heteroatoms. The number of nitrogens with zero attached hydrogens (tertiary/aromatic N) is 2. The van der Waals surface area contributed by atoms with Gasteiger partial charge in [0.05, 0.1) is 12.8 Å². The molecule has 1 N–H and O–H groups in total. The van der Waals surface area contributed by atoms with Gasteiger partial charge in [0.15, 0.2) is 11.6 Å². The van der Waals surface area contributed by atoms with Crippen LogP contribution in [0, 0.1) is 5.82 Å². The summed E-state index contributed by atoms with van der Waals surface area (Å²) in [5, 5.41) is 3.54. The molecule has 0 aliphatic carbocycles. The van der Waals surface area contributed by atoms with E-state index in [9.17, 15) is 4.39 Å². The summed E-state index contributed by atoms with van der Waals surface area (Å²) in [6.45, 7) is 8.42. The van der Waals surface area contributed by atoms with Crippen LogP contribution < -0.4 is 10.1 Å². The molecule has 38 heavy (non-hydrogen) atoms. The molecule has 1 unspecified atom stereocenters. The number of ether oxygens (including phenoxy) is 1. The molecule has 200 valence electrons. The highest BCUT2D eigenvalue weighted by Gasteiger charge is 2.17. The normalized spacial score (nSPS) is 15.0. The van der Waals surface area contributed by atoms with Crippen LogP contribution in [-0.4, -0.2) is 23.2 Å². The van der Waals surface area contributed by atoms with Crippen LogP contribution >= 0.6 is 0 Å². The summed E-state index contributed by atoms with van der Waals surface area (Å²) in [5.74, 6) is 0.822. The summed E-state index contributed by atoms with van der Waals surface area (Å²) in [7, 11) is 1.47. The molecule has 2 heterocycles. The Hall–Kier alpha value is -3.44. The number of aryl methyl sites for hydroxylation is 3. The van der Waals surface area contributed by atoms with Gasteiger partial charge in [-0.05, 0) is 74.0 Å². The zero-order valence-electron chi connectivity index (χ0n) is 23.1. The van der Waals surface area contributed by atoms with E-state index >= 15 is 0 Å². The lowest BCUT2D eigenvalue weighted by molar-refractivity contribution is 0.386. The van der Waals surface area contributed by atoms with E-state index in [4.69, 9.17) is 9.72 Å². The third-order valence-corrected chi connectivity index (χ3v) is 7.30. The Morgan fingerprint density at radius 1 is 0.947 bits per heavy atom. The van der Waals surface area contributed by atoms with Gasteiger partial charge in [0.25, 0.3) is 0 Å². The molecule has 0 saturated carbocycles. The summed E-state index contributed by atoms with van der Waals surface area (Å²) >= 11 is 0. The Morgan fingerprint density at radius 3 is 2.26 bits per heavy atom. The third-order valence-electron chi connectivity index (χ3n) is 7.30. The second-order valence-corrected chi connectivity index (χ2v) is 9.66. The van der Waals surface area contributed by atoms with Gasteiger partial charge in [-0.2, -0.15) is 0 Å². The molecule has 1 aliphatic heterocycles. The van der Waals surface area contributed by atoms with E-state index in [1.165, 1.54) is 61.2 Å². The molecule has 1 atom stereocenters. The van der Waals surface area contributed by atoms with Gasteiger partial charge in [0.1, 0.15) is 5.82 Å². The first-order valence-electron chi connectivity index (χ1n) is 13.9. The zero-order valence-corrected chi connectivity index (χ0v) is 23.1. The van der Waals surface area contributed by atoms with Crippen LogP contribution in [0.3, 0.4) is 0 Å². The van der Waals surface area contributed by atoms with Gasteiger partial charge < -0.3 is 14.6 Å². The van der Waals surface area contributed by atoms with Crippen LogP contribution in [0.5, 0.6) is 5.75 Å². The topological polar surface area (TPSA) is 39.1 Å². The summed E-state index contributed by atoms with van der Waals surface area (Å²) in [4.78, 5) is 4.89. The average Bonchev–Trinajstić information content (AvgIpc) is 3.42. The van der Waals surface area contributed by atoms with Gasteiger partial charge in [-0.25, -0.2) is 9.37 Å². The number of hydrogen-bond donors (Lipinski definition) is 1. The SMILES string of the molecule is CCc1cccc(CC)c1-c1nc(-c2ccc(OC)c(F)c2)cn1CC.c1ccc(C2CCCCN2)cc1. The zero-order chi connectivity index (χ0) is 26.9. The summed E-state index contributed by atoms with van der Waals surface area (Å²) in [6.07, 6.45) is 7.90. The highest BCUT2D eigenvalue weighted by Crippen LogP contribution is 2.32. The van der Waals surface area contributed by atoms with Crippen molar-refractivity contribution in [2.24, 2.45) is 0 Å². The van der Waals surface area contributed by atoms with Crippen molar-refractivity contribution >= 4 is 0 Å². The maximum absolute atomic E-state index is 14.1. The van der Waals surface area contributed by atoms with Crippen molar-refractivity contribution in [2.45, 2.75) is 65.5 Å². The maximum atomic E-state index is 14.1. The first-order valence-corrected chi connectivity index (χ1v) is 13.9. The molecular weight excluding hydrogens is 473 g/mol. The van der Waals surface area contributed by atoms with Crippen LogP contribution in [0.2, 0.25) is 0 Å². The fraction of sp³-hybridized carbons (Fsp3) is 0.364. The number of piperidine rings is 1. The Balaban J connectivity index is 0.000000232. The molecule has 0 bridgehead atoms. The summed E-state index contributed by atoms with van der Waals surface area (Å²) in [6, 6.07) is 22.8. The van der Waals surface area contributed by atoms with E-state index in [1.807, 2.05) is 12.3 Å². The van der Waals surface area contributed by atoms with Crippen molar-refractivity contribution in [1.82, 2.24) is 14.9 Å². The molecule has 4 nitrogen and oxygen atoms in total. The van der Waals surface area contributed by atoms with Crippen molar-refractivity contribution in [2.75, 3.05) is 13.7 Å². The van der Waals surface area contributed by atoms with Crippen molar-refractivity contribution in [3.8, 4) is 28.4 Å². The van der Waals surface area contributed by atoms with Gasteiger partial charge in [-0.1, -0.05) is 68.8 Å². The van der Waals surface area contributed by atoms with Crippen LogP contribution in [0.15, 0.2) is 72.9 Å². The van der Waals surface area contributed by atoms with Crippen LogP contribution in [0.1, 0.15) is 62.8 Å². The standard InChI is InChI=1S/C22H25FN2O.C11H15N/c1-5-15-9-8-10-16(6-2)21(15)22-24-19(14-25(22)7-3)17-11-12-20(26-4)18(23)13-17;1-2-6-10(7-3-1)11-8-4-5-9-12-11/h8-14H,5-7H2,1-4H3;1-3,6-7,11-12H,4-5,8-9H2. The van der Waals surface area contributed by atoms with Gasteiger partial charge in [0.2, 0.25) is 0 Å². The van der Waals surface area contributed by atoms with Crippen LogP contribution in [-0.2, 0) is 19.4 Å². The minimum Gasteiger partial charge on any atom is -0.494 e. The minimum absolute atomic E-state index is 0.244. The number of imidazole rings is 1. The quantitative estimate of drug-likeness (QED) is 0.272. The number of aromatic nitrogens is 2. The summed E-state index contributed by atoms with van der Waals surface area (Å²) < 4.78 is 21.3. The number of methoxy groups -OCH3 is 1. The molecular formula is C33H40FN3O. The molecule has 1 fully saturated rings. The molecule has 0 radical (unpaired) electrons. The van der Waals surface area contributed by atoms with E-state index in [0.29, 0.717) is 6.04 Å². The average molecular weight is 514 g/mol. The molecule has 1 aliphatic rings. The lowest BCUT2D eigenvalue weighted by Crippen LogP contribution is -2.26.